The van der Waals surface area contributed by atoms with Gasteiger partial charge in [0.25, 0.3) is 0 Å². The Morgan fingerprint density at radius 2 is 1.43 bits per heavy atom. The summed E-state index contributed by atoms with van der Waals surface area (Å²) in [6.45, 7) is 0. The van der Waals surface area contributed by atoms with E-state index < -0.39 is 35.6 Å². The average Bonchev–Trinajstić information content (AvgIpc) is 2.51. The van der Waals surface area contributed by atoms with Gasteiger partial charge in [-0.05, 0) is 17.7 Å². The van der Waals surface area contributed by atoms with E-state index in [4.69, 9.17) is 4.74 Å². The molecule has 0 saturated carbocycles. The Balaban J connectivity index is 2.40. The molecule has 116 valence electrons. The molecule has 0 heterocycles. The van der Waals surface area contributed by atoms with E-state index in [1.54, 1.807) is 0 Å². The highest BCUT2D eigenvalue weighted by Gasteiger charge is 2.80. The number of halogens is 7. The van der Waals surface area contributed by atoms with Crippen LogP contribution in [0.4, 0.5) is 30.7 Å². The standard InChI is InChI=1S/C13H9F7O/c1-21-8-4-2-7(3-5-8)6-9-10(14)12(17,18)13(19,20)11(9,15)16/h2-5H,6H2,1H3. The minimum absolute atomic E-state index is 0.0193. The van der Waals surface area contributed by atoms with Gasteiger partial charge >= 0.3 is 17.8 Å². The highest BCUT2D eigenvalue weighted by molar-refractivity contribution is 5.41. The third kappa shape index (κ3) is 2.08. The van der Waals surface area contributed by atoms with E-state index in [-0.39, 0.29) is 5.56 Å². The third-order valence-corrected chi connectivity index (χ3v) is 3.25. The van der Waals surface area contributed by atoms with Crippen molar-refractivity contribution in [1.82, 2.24) is 0 Å². The fourth-order valence-electron chi connectivity index (χ4n) is 1.99. The summed E-state index contributed by atoms with van der Waals surface area (Å²) in [4.78, 5) is 0. The molecule has 1 aliphatic carbocycles. The van der Waals surface area contributed by atoms with Crippen LogP contribution in [0.5, 0.6) is 5.75 Å². The fraction of sp³-hybridized carbons (Fsp3) is 0.385. The van der Waals surface area contributed by atoms with Crippen molar-refractivity contribution >= 4 is 0 Å². The normalized spacial score (nSPS) is 22.5. The van der Waals surface area contributed by atoms with Crippen molar-refractivity contribution in [3.63, 3.8) is 0 Å². The Morgan fingerprint density at radius 1 is 0.905 bits per heavy atom. The first-order chi connectivity index (χ1) is 9.55. The van der Waals surface area contributed by atoms with Gasteiger partial charge in [0.15, 0.2) is 5.83 Å². The van der Waals surface area contributed by atoms with Crippen LogP contribution in [0.1, 0.15) is 5.56 Å². The number of alkyl halides is 6. The maximum Gasteiger partial charge on any atom is 0.382 e. The predicted octanol–water partition coefficient (Wildman–Crippen LogP) is 4.38. The van der Waals surface area contributed by atoms with Gasteiger partial charge < -0.3 is 4.74 Å². The molecular formula is C13H9F7O. The van der Waals surface area contributed by atoms with Crippen molar-refractivity contribution in [3.8, 4) is 5.75 Å². The van der Waals surface area contributed by atoms with E-state index >= 15 is 0 Å². The Bertz CT molecular complexity index is 575. The summed E-state index contributed by atoms with van der Waals surface area (Å²) in [5, 5.41) is 0. The maximum atomic E-state index is 13.4. The van der Waals surface area contributed by atoms with E-state index in [1.807, 2.05) is 0 Å². The zero-order chi connectivity index (χ0) is 16.1. The van der Waals surface area contributed by atoms with Gasteiger partial charge in [-0.15, -0.1) is 0 Å². The molecule has 0 saturated heterocycles. The largest absolute Gasteiger partial charge is 0.497 e. The molecule has 21 heavy (non-hydrogen) atoms. The first-order valence-corrected chi connectivity index (χ1v) is 5.71. The third-order valence-electron chi connectivity index (χ3n) is 3.25. The van der Waals surface area contributed by atoms with Crippen LogP contribution >= 0.6 is 0 Å². The van der Waals surface area contributed by atoms with E-state index in [0.29, 0.717) is 5.75 Å². The van der Waals surface area contributed by atoms with Crippen LogP contribution in [-0.4, -0.2) is 24.9 Å². The van der Waals surface area contributed by atoms with Crippen LogP contribution in [0.3, 0.4) is 0 Å². The lowest BCUT2D eigenvalue weighted by Crippen LogP contribution is -2.49. The van der Waals surface area contributed by atoms with Gasteiger partial charge in [0, 0.05) is 12.0 Å². The van der Waals surface area contributed by atoms with Crippen LogP contribution in [0.25, 0.3) is 0 Å². The Hall–Kier alpha value is -1.73. The van der Waals surface area contributed by atoms with Gasteiger partial charge in [-0.2, -0.15) is 26.3 Å². The lowest BCUT2D eigenvalue weighted by Gasteiger charge is -2.24. The Kier molecular flexibility index (Phi) is 3.46. The summed E-state index contributed by atoms with van der Waals surface area (Å²) in [6, 6.07) is 5.03. The molecule has 0 aromatic heterocycles. The molecule has 1 nitrogen and oxygen atoms in total. The minimum Gasteiger partial charge on any atom is -0.497 e. The Morgan fingerprint density at radius 3 is 1.81 bits per heavy atom. The number of hydrogen-bond donors (Lipinski definition) is 0. The monoisotopic (exact) mass is 314 g/mol. The number of ether oxygens (including phenoxy) is 1. The maximum absolute atomic E-state index is 13.4. The van der Waals surface area contributed by atoms with Crippen LogP contribution < -0.4 is 4.74 Å². The van der Waals surface area contributed by atoms with Gasteiger partial charge in [-0.1, -0.05) is 12.1 Å². The summed E-state index contributed by atoms with van der Waals surface area (Å²) < 4.78 is 97.0. The number of methoxy groups -OCH3 is 1. The molecule has 0 spiro atoms. The summed E-state index contributed by atoms with van der Waals surface area (Å²) in [5.74, 6) is -19.0. The van der Waals surface area contributed by atoms with Gasteiger partial charge in [0.2, 0.25) is 0 Å². The van der Waals surface area contributed by atoms with Crippen molar-refractivity contribution in [3.05, 3.63) is 41.2 Å². The topological polar surface area (TPSA) is 9.23 Å². The van der Waals surface area contributed by atoms with Crippen molar-refractivity contribution in [1.29, 1.82) is 0 Å². The first kappa shape index (κ1) is 15.7. The molecule has 1 aliphatic rings. The van der Waals surface area contributed by atoms with Crippen molar-refractivity contribution in [2.24, 2.45) is 0 Å². The molecule has 8 heteroatoms. The molecule has 0 amide bonds. The lowest BCUT2D eigenvalue weighted by molar-refractivity contribution is -0.268. The molecule has 0 fully saturated rings. The van der Waals surface area contributed by atoms with Crippen LogP contribution in [0, 0.1) is 0 Å². The van der Waals surface area contributed by atoms with E-state index in [9.17, 15) is 30.7 Å². The van der Waals surface area contributed by atoms with E-state index in [0.717, 1.165) is 0 Å². The molecule has 0 atom stereocenters. The average molecular weight is 314 g/mol. The zero-order valence-electron chi connectivity index (χ0n) is 10.6. The summed E-state index contributed by atoms with van der Waals surface area (Å²) in [5.41, 5.74) is -1.92. The first-order valence-electron chi connectivity index (χ1n) is 5.71. The molecular weight excluding hydrogens is 305 g/mol. The van der Waals surface area contributed by atoms with Gasteiger partial charge in [0.05, 0.1) is 7.11 Å². The second kappa shape index (κ2) is 4.64. The van der Waals surface area contributed by atoms with Crippen molar-refractivity contribution in [2.45, 2.75) is 24.2 Å². The molecule has 2 rings (SSSR count). The number of benzene rings is 1. The predicted molar refractivity (Wildman–Crippen MR) is 59.7 cm³/mol. The van der Waals surface area contributed by atoms with E-state index in [2.05, 4.69) is 0 Å². The molecule has 0 radical (unpaired) electrons. The van der Waals surface area contributed by atoms with Crippen molar-refractivity contribution < 1.29 is 35.5 Å². The molecule has 1 aromatic carbocycles. The molecule has 1 aromatic rings. The molecule has 0 N–H and O–H groups in total. The lowest BCUT2D eigenvalue weighted by atomic mass is 10.0. The van der Waals surface area contributed by atoms with Crippen molar-refractivity contribution in [2.75, 3.05) is 7.11 Å². The molecule has 0 aliphatic heterocycles. The van der Waals surface area contributed by atoms with Gasteiger partial charge in [-0.3, -0.25) is 0 Å². The van der Waals surface area contributed by atoms with E-state index in [1.165, 1.54) is 31.4 Å². The van der Waals surface area contributed by atoms with Gasteiger partial charge in [0.1, 0.15) is 5.75 Å². The van der Waals surface area contributed by atoms with Crippen LogP contribution in [0.15, 0.2) is 35.7 Å². The second-order valence-corrected chi connectivity index (χ2v) is 4.54. The van der Waals surface area contributed by atoms with Gasteiger partial charge in [-0.25, -0.2) is 4.39 Å². The SMILES string of the molecule is COc1ccc(CC2=C(F)C(F)(F)C(F)(F)C2(F)F)cc1. The fourth-order valence-corrected chi connectivity index (χ4v) is 1.99. The highest BCUT2D eigenvalue weighted by atomic mass is 19.3. The summed E-state index contributed by atoms with van der Waals surface area (Å²) >= 11 is 0. The Labute approximate surface area is 115 Å². The minimum atomic E-state index is -5.79. The van der Waals surface area contributed by atoms with Crippen LogP contribution in [-0.2, 0) is 6.42 Å². The quantitative estimate of drug-likeness (QED) is 0.752. The molecule has 0 unspecified atom stereocenters. The number of allylic oxidation sites excluding steroid dienone is 2. The van der Waals surface area contributed by atoms with Crippen LogP contribution in [0.2, 0.25) is 0 Å². The summed E-state index contributed by atoms with van der Waals surface area (Å²) in [6.07, 6.45) is -1.05. The zero-order valence-corrected chi connectivity index (χ0v) is 10.6. The highest BCUT2D eigenvalue weighted by Crippen LogP contribution is 2.60. The number of hydrogen-bond acceptors (Lipinski definition) is 1. The summed E-state index contributed by atoms with van der Waals surface area (Å²) in [7, 11) is 1.34. The number of rotatable bonds is 3. The second-order valence-electron chi connectivity index (χ2n) is 4.54. The smallest absolute Gasteiger partial charge is 0.382 e. The molecule has 0 bridgehead atoms.